The monoisotopic (exact) mass is 482 g/mol. The minimum Gasteiger partial charge on any atom is -0.343 e. The van der Waals surface area contributed by atoms with Gasteiger partial charge in [-0.25, -0.2) is 0 Å². The first-order valence-corrected chi connectivity index (χ1v) is 9.40. The quantitative estimate of drug-likeness (QED) is 0.402. The van der Waals surface area contributed by atoms with Crippen LogP contribution in [-0.2, 0) is 7.05 Å². The third kappa shape index (κ3) is 6.21. The summed E-state index contributed by atoms with van der Waals surface area (Å²) in [6.45, 7) is 2.83. The van der Waals surface area contributed by atoms with Crippen molar-refractivity contribution in [2.24, 2.45) is 12.0 Å². The summed E-state index contributed by atoms with van der Waals surface area (Å²) in [7, 11) is 6.15. The average Bonchev–Trinajstić information content (AvgIpc) is 3.08. The summed E-state index contributed by atoms with van der Waals surface area (Å²) in [5.74, 6) is 0.978. The van der Waals surface area contributed by atoms with Crippen molar-refractivity contribution >= 4 is 35.6 Å². The van der Waals surface area contributed by atoms with Gasteiger partial charge in [-0.2, -0.15) is 5.10 Å². The third-order valence-corrected chi connectivity index (χ3v) is 4.83. The van der Waals surface area contributed by atoms with Gasteiger partial charge in [-0.05, 0) is 45.5 Å². The number of anilines is 1. The normalized spacial score (nSPS) is 16.1. The number of aromatic nitrogens is 2. The Morgan fingerprint density at radius 3 is 2.48 bits per heavy atom. The van der Waals surface area contributed by atoms with E-state index in [2.05, 4.69) is 64.8 Å². The van der Waals surface area contributed by atoms with Crippen molar-refractivity contribution in [1.82, 2.24) is 19.6 Å². The molecule has 7 heteroatoms. The summed E-state index contributed by atoms with van der Waals surface area (Å²) in [6, 6.07) is 10.5. The molecule has 1 aliphatic rings. The number of hydrogen-bond donors (Lipinski definition) is 1. The zero-order valence-electron chi connectivity index (χ0n) is 16.5. The number of rotatable bonds is 5. The number of likely N-dealkylation sites (N-methyl/N-ethyl adjacent to an activating group) is 1. The second-order valence-corrected chi connectivity index (χ2v) is 7.13. The maximum Gasteiger partial charge on any atom is 0.198 e. The molecule has 1 N–H and O–H groups in total. The Balaban J connectivity index is 0.00000261. The number of piperidine rings is 1. The minimum atomic E-state index is 0. The molecule has 1 saturated heterocycles. The molecule has 0 aliphatic carbocycles. The lowest BCUT2D eigenvalue weighted by molar-refractivity contribution is 0.302. The number of halogens is 1. The molecule has 2 aromatic rings. The predicted molar refractivity (Wildman–Crippen MR) is 123 cm³/mol. The third-order valence-electron chi connectivity index (χ3n) is 4.83. The van der Waals surface area contributed by atoms with E-state index in [1.807, 2.05) is 24.0 Å². The molecule has 148 valence electrons. The topological polar surface area (TPSA) is 48.7 Å². The van der Waals surface area contributed by atoms with Crippen molar-refractivity contribution in [1.29, 1.82) is 0 Å². The molecule has 1 aliphatic heterocycles. The minimum absolute atomic E-state index is 0. The van der Waals surface area contributed by atoms with Crippen LogP contribution < -0.4 is 5.32 Å². The summed E-state index contributed by atoms with van der Waals surface area (Å²) in [6.07, 6.45) is 7.78. The Bertz CT molecular complexity index is 706. The predicted octanol–water partition coefficient (Wildman–Crippen LogP) is 3.59. The fourth-order valence-electron chi connectivity index (χ4n) is 3.33. The molecule has 1 aromatic carbocycles. The first kappa shape index (κ1) is 21.7. The van der Waals surface area contributed by atoms with Gasteiger partial charge in [0, 0.05) is 37.6 Å². The zero-order valence-corrected chi connectivity index (χ0v) is 18.8. The van der Waals surface area contributed by atoms with E-state index in [-0.39, 0.29) is 30.0 Å². The molecule has 1 aromatic heterocycles. The number of guanidine groups is 1. The van der Waals surface area contributed by atoms with E-state index < -0.39 is 0 Å². The molecule has 0 bridgehead atoms. The van der Waals surface area contributed by atoms with Crippen molar-refractivity contribution in [2.75, 3.05) is 39.0 Å². The van der Waals surface area contributed by atoms with Crippen molar-refractivity contribution in [2.45, 2.75) is 25.3 Å². The molecule has 0 amide bonds. The van der Waals surface area contributed by atoms with Crippen LogP contribution in [0, 0.1) is 0 Å². The van der Waals surface area contributed by atoms with E-state index in [0.717, 1.165) is 24.7 Å². The molecular weight excluding hydrogens is 451 g/mol. The van der Waals surface area contributed by atoms with Crippen molar-refractivity contribution < 1.29 is 0 Å². The molecule has 0 spiro atoms. The van der Waals surface area contributed by atoms with Crippen LogP contribution >= 0.6 is 24.0 Å². The van der Waals surface area contributed by atoms with E-state index in [4.69, 9.17) is 4.99 Å². The standard InChI is InChI=1S/C20H30N6.HI/c1-24(2)19(17-14-22-25(3)16-17)15-21-20(26-12-8-5-9-13-26)23-18-10-6-4-7-11-18;/h4,6-7,10-11,14,16,19H,5,8-9,12-13,15H2,1-3H3,(H,21,23);1H. The zero-order chi connectivity index (χ0) is 18.4. The lowest BCUT2D eigenvalue weighted by Gasteiger charge is -2.31. The number of hydrogen-bond acceptors (Lipinski definition) is 3. The van der Waals surface area contributed by atoms with Crippen LogP contribution in [0.1, 0.15) is 30.9 Å². The fourth-order valence-corrected chi connectivity index (χ4v) is 3.33. The second kappa shape index (κ2) is 10.7. The van der Waals surface area contributed by atoms with Crippen LogP contribution in [0.4, 0.5) is 5.69 Å². The Labute approximate surface area is 179 Å². The SMILES string of the molecule is CN(C)C(CN=C(Nc1ccccc1)N1CCCCC1)c1cnn(C)c1.I. The van der Waals surface area contributed by atoms with E-state index in [0.29, 0.717) is 6.54 Å². The van der Waals surface area contributed by atoms with Gasteiger partial charge in [0.1, 0.15) is 0 Å². The van der Waals surface area contributed by atoms with Gasteiger partial charge in [0.2, 0.25) is 0 Å². The van der Waals surface area contributed by atoms with E-state index in [1.165, 1.54) is 24.8 Å². The maximum absolute atomic E-state index is 5.00. The van der Waals surface area contributed by atoms with Crippen LogP contribution in [0.25, 0.3) is 0 Å². The summed E-state index contributed by atoms with van der Waals surface area (Å²) >= 11 is 0. The van der Waals surface area contributed by atoms with Gasteiger partial charge in [0.15, 0.2) is 5.96 Å². The highest BCUT2D eigenvalue weighted by Gasteiger charge is 2.19. The lowest BCUT2D eigenvalue weighted by atomic mass is 10.1. The van der Waals surface area contributed by atoms with Crippen molar-refractivity contribution in [3.63, 3.8) is 0 Å². The first-order chi connectivity index (χ1) is 12.6. The molecule has 27 heavy (non-hydrogen) atoms. The Morgan fingerprint density at radius 2 is 1.89 bits per heavy atom. The van der Waals surface area contributed by atoms with Gasteiger partial charge in [0.25, 0.3) is 0 Å². The molecule has 0 radical (unpaired) electrons. The number of likely N-dealkylation sites (tertiary alicyclic amines) is 1. The van der Waals surface area contributed by atoms with Crippen molar-refractivity contribution in [3.05, 3.63) is 48.3 Å². The van der Waals surface area contributed by atoms with E-state index in [1.54, 1.807) is 0 Å². The van der Waals surface area contributed by atoms with Crippen molar-refractivity contribution in [3.8, 4) is 0 Å². The molecule has 1 atom stereocenters. The Kier molecular flexibility index (Phi) is 8.56. The number of aliphatic imine (C=N–C) groups is 1. The molecule has 1 fully saturated rings. The Hall–Kier alpha value is -1.61. The number of benzene rings is 1. The fraction of sp³-hybridized carbons (Fsp3) is 0.500. The van der Waals surface area contributed by atoms with Crippen LogP contribution in [0.2, 0.25) is 0 Å². The summed E-state index contributed by atoms with van der Waals surface area (Å²) in [4.78, 5) is 9.59. The van der Waals surface area contributed by atoms with Gasteiger partial charge in [-0.15, -0.1) is 24.0 Å². The summed E-state index contributed by atoms with van der Waals surface area (Å²) < 4.78 is 1.85. The van der Waals surface area contributed by atoms with Gasteiger partial charge in [-0.3, -0.25) is 9.67 Å². The van der Waals surface area contributed by atoms with E-state index >= 15 is 0 Å². The lowest BCUT2D eigenvalue weighted by Crippen LogP contribution is -2.40. The highest BCUT2D eigenvalue weighted by atomic mass is 127. The number of nitrogens with one attached hydrogen (secondary N) is 1. The van der Waals surface area contributed by atoms with Crippen LogP contribution in [-0.4, -0.2) is 59.3 Å². The van der Waals surface area contributed by atoms with Gasteiger partial charge < -0.3 is 15.1 Å². The molecule has 1 unspecified atom stereocenters. The smallest absolute Gasteiger partial charge is 0.198 e. The van der Waals surface area contributed by atoms with Crippen LogP contribution in [0.3, 0.4) is 0 Å². The highest BCUT2D eigenvalue weighted by Crippen LogP contribution is 2.19. The molecular formula is C20H31IN6. The van der Waals surface area contributed by atoms with Gasteiger partial charge in [0.05, 0.1) is 18.8 Å². The molecule has 6 nitrogen and oxygen atoms in total. The maximum atomic E-state index is 5.00. The molecule has 2 heterocycles. The highest BCUT2D eigenvalue weighted by molar-refractivity contribution is 14.0. The largest absolute Gasteiger partial charge is 0.343 e. The first-order valence-electron chi connectivity index (χ1n) is 9.40. The summed E-state index contributed by atoms with van der Waals surface area (Å²) in [5, 5.41) is 7.86. The van der Waals surface area contributed by atoms with Crippen LogP contribution in [0.15, 0.2) is 47.7 Å². The molecule has 3 rings (SSSR count). The number of nitrogens with zero attached hydrogens (tertiary/aromatic N) is 5. The average molecular weight is 482 g/mol. The Morgan fingerprint density at radius 1 is 1.19 bits per heavy atom. The number of aryl methyl sites for hydroxylation is 1. The molecule has 0 saturated carbocycles. The number of para-hydroxylation sites is 1. The summed E-state index contributed by atoms with van der Waals surface area (Å²) in [5.41, 5.74) is 2.28. The second-order valence-electron chi connectivity index (χ2n) is 7.13. The van der Waals surface area contributed by atoms with Gasteiger partial charge >= 0.3 is 0 Å². The van der Waals surface area contributed by atoms with E-state index in [9.17, 15) is 0 Å². The van der Waals surface area contributed by atoms with Gasteiger partial charge in [-0.1, -0.05) is 18.2 Å². The van der Waals surface area contributed by atoms with Crippen LogP contribution in [0.5, 0.6) is 0 Å².